The standard InChI is InChI=1S/C20H24N2OS.HI/c1-15(23)22-19-12-10-16(11-13-19)6-3-4-7-17-8-5-9-18(14-17)20(21)24-2;/h5,8-14,21H,3-4,6-7H2,1-2H3,(H,22,23);1H. The SMILES string of the molecule is CSC(=N)c1cccc(CCCCc2ccc(NC(C)=O)cc2)c1.I. The van der Waals surface area contributed by atoms with E-state index in [-0.39, 0.29) is 29.9 Å². The molecule has 2 aromatic carbocycles. The molecule has 0 saturated heterocycles. The van der Waals surface area contributed by atoms with Gasteiger partial charge in [0.25, 0.3) is 0 Å². The molecular formula is C20H25IN2OS. The summed E-state index contributed by atoms with van der Waals surface area (Å²) < 4.78 is 0. The second kappa shape index (κ2) is 11.3. The van der Waals surface area contributed by atoms with E-state index in [1.165, 1.54) is 29.8 Å². The lowest BCUT2D eigenvalue weighted by molar-refractivity contribution is -0.114. The summed E-state index contributed by atoms with van der Waals surface area (Å²) in [5.41, 5.74) is 4.45. The topological polar surface area (TPSA) is 53.0 Å². The minimum atomic E-state index is -0.0421. The van der Waals surface area contributed by atoms with Crippen molar-refractivity contribution in [1.29, 1.82) is 5.41 Å². The van der Waals surface area contributed by atoms with Crippen LogP contribution in [0.25, 0.3) is 0 Å². The first kappa shape index (κ1) is 21.7. The monoisotopic (exact) mass is 468 g/mol. The summed E-state index contributed by atoms with van der Waals surface area (Å²) in [6, 6.07) is 16.4. The number of hydrogen-bond donors (Lipinski definition) is 2. The molecule has 5 heteroatoms. The fourth-order valence-electron chi connectivity index (χ4n) is 2.60. The molecule has 0 saturated carbocycles. The van der Waals surface area contributed by atoms with Gasteiger partial charge in [0.1, 0.15) is 0 Å². The minimum absolute atomic E-state index is 0. The number of thioether (sulfide) groups is 1. The summed E-state index contributed by atoms with van der Waals surface area (Å²) in [7, 11) is 0. The van der Waals surface area contributed by atoms with Gasteiger partial charge in [-0.3, -0.25) is 10.2 Å². The second-order valence-electron chi connectivity index (χ2n) is 5.82. The summed E-state index contributed by atoms with van der Waals surface area (Å²) in [6.07, 6.45) is 6.28. The Balaban J connectivity index is 0.00000312. The maximum atomic E-state index is 11.0. The van der Waals surface area contributed by atoms with Gasteiger partial charge in [-0.2, -0.15) is 0 Å². The van der Waals surface area contributed by atoms with Crippen LogP contribution in [-0.4, -0.2) is 17.2 Å². The van der Waals surface area contributed by atoms with Gasteiger partial charge >= 0.3 is 0 Å². The fraction of sp³-hybridized carbons (Fsp3) is 0.300. The van der Waals surface area contributed by atoms with E-state index < -0.39 is 0 Å². The van der Waals surface area contributed by atoms with Crippen LogP contribution in [0, 0.1) is 5.41 Å². The van der Waals surface area contributed by atoms with Crippen LogP contribution < -0.4 is 5.32 Å². The summed E-state index contributed by atoms with van der Waals surface area (Å²) in [5, 5.41) is 11.3. The molecular weight excluding hydrogens is 443 g/mol. The third-order valence-corrected chi connectivity index (χ3v) is 4.49. The van der Waals surface area contributed by atoms with Crippen molar-refractivity contribution in [2.75, 3.05) is 11.6 Å². The Morgan fingerprint density at radius 1 is 1.04 bits per heavy atom. The summed E-state index contributed by atoms with van der Waals surface area (Å²) in [6.45, 7) is 1.52. The first-order chi connectivity index (χ1) is 11.6. The molecule has 0 fully saturated rings. The number of hydrogen-bond acceptors (Lipinski definition) is 3. The van der Waals surface area contributed by atoms with Crippen molar-refractivity contribution >= 4 is 52.4 Å². The number of carbonyl (C=O) groups excluding carboxylic acids is 1. The van der Waals surface area contributed by atoms with Gasteiger partial charge in [0.05, 0.1) is 5.04 Å². The Morgan fingerprint density at radius 3 is 2.28 bits per heavy atom. The highest BCUT2D eigenvalue weighted by molar-refractivity contribution is 14.0. The highest BCUT2D eigenvalue weighted by Gasteiger charge is 2.02. The molecule has 134 valence electrons. The van der Waals surface area contributed by atoms with E-state index in [4.69, 9.17) is 5.41 Å². The number of anilines is 1. The molecule has 0 bridgehead atoms. The van der Waals surface area contributed by atoms with Gasteiger partial charge in [-0.05, 0) is 61.3 Å². The highest BCUT2D eigenvalue weighted by Crippen LogP contribution is 2.15. The Labute approximate surface area is 171 Å². The number of rotatable bonds is 7. The zero-order valence-corrected chi connectivity index (χ0v) is 17.8. The number of carbonyl (C=O) groups is 1. The van der Waals surface area contributed by atoms with Crippen molar-refractivity contribution in [1.82, 2.24) is 0 Å². The van der Waals surface area contributed by atoms with Crippen molar-refractivity contribution in [3.8, 4) is 0 Å². The van der Waals surface area contributed by atoms with Crippen LogP contribution in [0.3, 0.4) is 0 Å². The third-order valence-electron chi connectivity index (χ3n) is 3.85. The van der Waals surface area contributed by atoms with Gasteiger partial charge in [0.15, 0.2) is 0 Å². The largest absolute Gasteiger partial charge is 0.326 e. The Bertz CT molecular complexity index is 701. The van der Waals surface area contributed by atoms with Gasteiger partial charge < -0.3 is 5.32 Å². The molecule has 0 aromatic heterocycles. The zero-order valence-electron chi connectivity index (χ0n) is 14.7. The Morgan fingerprint density at radius 2 is 1.68 bits per heavy atom. The van der Waals surface area contributed by atoms with Crippen molar-refractivity contribution in [3.05, 3.63) is 65.2 Å². The number of halogens is 1. The Hall–Kier alpha value is -1.34. The fourth-order valence-corrected chi connectivity index (χ4v) is 2.96. The molecule has 0 aliphatic carbocycles. The first-order valence-electron chi connectivity index (χ1n) is 8.17. The maximum absolute atomic E-state index is 11.0. The molecule has 2 aromatic rings. The predicted octanol–water partition coefficient (Wildman–Crippen LogP) is 5.52. The van der Waals surface area contributed by atoms with E-state index in [9.17, 15) is 4.79 Å². The minimum Gasteiger partial charge on any atom is -0.326 e. The maximum Gasteiger partial charge on any atom is 0.221 e. The smallest absolute Gasteiger partial charge is 0.221 e. The summed E-state index contributed by atoms with van der Waals surface area (Å²) in [4.78, 5) is 11.0. The zero-order chi connectivity index (χ0) is 17.4. The lowest BCUT2D eigenvalue weighted by Crippen LogP contribution is -2.05. The molecule has 0 aliphatic rings. The van der Waals surface area contributed by atoms with Gasteiger partial charge in [-0.25, -0.2) is 0 Å². The van der Waals surface area contributed by atoms with Crippen molar-refractivity contribution in [2.24, 2.45) is 0 Å². The molecule has 0 aliphatic heterocycles. The number of nitrogens with one attached hydrogen (secondary N) is 2. The lowest BCUT2D eigenvalue weighted by atomic mass is 10.0. The summed E-state index contributed by atoms with van der Waals surface area (Å²) in [5.74, 6) is -0.0421. The molecule has 1 amide bonds. The second-order valence-corrected chi connectivity index (χ2v) is 6.64. The van der Waals surface area contributed by atoms with Crippen LogP contribution in [0.4, 0.5) is 5.69 Å². The van der Waals surface area contributed by atoms with Crippen molar-refractivity contribution in [3.63, 3.8) is 0 Å². The van der Waals surface area contributed by atoms with E-state index in [0.29, 0.717) is 5.04 Å². The van der Waals surface area contributed by atoms with Crippen molar-refractivity contribution in [2.45, 2.75) is 32.6 Å². The molecule has 2 N–H and O–H groups in total. The quantitative estimate of drug-likeness (QED) is 0.244. The van der Waals surface area contributed by atoms with E-state index in [2.05, 4.69) is 29.6 Å². The average Bonchev–Trinajstić information content (AvgIpc) is 2.59. The van der Waals surface area contributed by atoms with Gasteiger partial charge in [-0.15, -0.1) is 35.7 Å². The van der Waals surface area contributed by atoms with Crippen LogP contribution in [0.1, 0.15) is 36.5 Å². The van der Waals surface area contributed by atoms with E-state index >= 15 is 0 Å². The summed E-state index contributed by atoms with van der Waals surface area (Å²) >= 11 is 1.47. The van der Waals surface area contributed by atoms with E-state index in [1.54, 1.807) is 0 Å². The Kier molecular flexibility index (Phi) is 9.82. The van der Waals surface area contributed by atoms with E-state index in [1.807, 2.05) is 30.5 Å². The molecule has 0 unspecified atom stereocenters. The van der Waals surface area contributed by atoms with Crippen LogP contribution in [0.15, 0.2) is 48.5 Å². The van der Waals surface area contributed by atoms with E-state index in [0.717, 1.165) is 36.9 Å². The normalized spacial score (nSPS) is 10.0. The van der Waals surface area contributed by atoms with Crippen LogP contribution >= 0.6 is 35.7 Å². The highest BCUT2D eigenvalue weighted by atomic mass is 127. The number of unbranched alkanes of at least 4 members (excludes halogenated alkanes) is 1. The van der Waals surface area contributed by atoms with Crippen LogP contribution in [-0.2, 0) is 17.6 Å². The molecule has 25 heavy (non-hydrogen) atoms. The van der Waals surface area contributed by atoms with Crippen LogP contribution in [0.5, 0.6) is 0 Å². The molecule has 0 spiro atoms. The predicted molar refractivity (Wildman–Crippen MR) is 120 cm³/mol. The number of benzene rings is 2. The van der Waals surface area contributed by atoms with Crippen LogP contribution in [0.2, 0.25) is 0 Å². The number of amides is 1. The van der Waals surface area contributed by atoms with Crippen molar-refractivity contribution < 1.29 is 4.79 Å². The van der Waals surface area contributed by atoms with Gasteiger partial charge in [-0.1, -0.05) is 30.3 Å². The first-order valence-corrected chi connectivity index (χ1v) is 9.39. The molecule has 2 rings (SSSR count). The molecule has 0 atom stereocenters. The van der Waals surface area contributed by atoms with Gasteiger partial charge in [0, 0.05) is 18.2 Å². The average molecular weight is 468 g/mol. The molecule has 3 nitrogen and oxygen atoms in total. The third kappa shape index (κ3) is 7.61. The molecule has 0 radical (unpaired) electrons. The number of aryl methyl sites for hydroxylation is 2. The lowest BCUT2D eigenvalue weighted by Gasteiger charge is -2.06. The van der Waals surface area contributed by atoms with Gasteiger partial charge in [0.2, 0.25) is 5.91 Å². The molecule has 0 heterocycles.